The zero-order chi connectivity index (χ0) is 13.3. The number of thiazole rings is 1. The smallest absolute Gasteiger partial charge is 0.347 e. The second-order valence-corrected chi connectivity index (χ2v) is 6.06. The number of likely N-dealkylation sites (N-methyl/N-ethyl adjacent to an activating group) is 1. The molecule has 0 bridgehead atoms. The fourth-order valence-corrected chi connectivity index (χ4v) is 3.08. The summed E-state index contributed by atoms with van der Waals surface area (Å²) >= 11 is 1.21. The Kier molecular flexibility index (Phi) is 3.59. The maximum atomic E-state index is 10.9. The molecular weight excluding hydrogens is 250 g/mol. The number of aryl methyl sites for hydroxylation is 1. The third-order valence-corrected chi connectivity index (χ3v) is 4.90. The molecule has 0 aromatic carbocycles. The second-order valence-electron chi connectivity index (χ2n) is 5.06. The van der Waals surface area contributed by atoms with Gasteiger partial charge in [-0.25, -0.2) is 9.78 Å². The SMILES string of the molecule is Cc1nc(NCC2(N(C)C)CCC2)sc1C(=O)O. The molecule has 0 atom stereocenters. The largest absolute Gasteiger partial charge is 0.477 e. The van der Waals surface area contributed by atoms with E-state index in [0.29, 0.717) is 15.7 Å². The molecule has 1 aromatic heterocycles. The Morgan fingerprint density at radius 3 is 2.61 bits per heavy atom. The molecule has 1 saturated carbocycles. The third kappa shape index (κ3) is 2.35. The summed E-state index contributed by atoms with van der Waals surface area (Å²) in [6.45, 7) is 2.56. The van der Waals surface area contributed by atoms with Crippen LogP contribution in [0.15, 0.2) is 0 Å². The number of aromatic nitrogens is 1. The van der Waals surface area contributed by atoms with E-state index in [-0.39, 0.29) is 5.54 Å². The van der Waals surface area contributed by atoms with Crippen LogP contribution in [0.4, 0.5) is 5.13 Å². The van der Waals surface area contributed by atoms with Crippen LogP contribution in [-0.2, 0) is 0 Å². The fourth-order valence-electron chi connectivity index (χ4n) is 2.28. The summed E-state index contributed by atoms with van der Waals surface area (Å²) in [5.41, 5.74) is 0.797. The van der Waals surface area contributed by atoms with Gasteiger partial charge in [-0.3, -0.25) is 0 Å². The Morgan fingerprint density at radius 1 is 1.56 bits per heavy atom. The molecule has 1 heterocycles. The quantitative estimate of drug-likeness (QED) is 0.856. The van der Waals surface area contributed by atoms with Crippen molar-refractivity contribution in [3.63, 3.8) is 0 Å². The zero-order valence-corrected chi connectivity index (χ0v) is 11.8. The first-order valence-electron chi connectivity index (χ1n) is 6.07. The highest BCUT2D eigenvalue weighted by molar-refractivity contribution is 7.17. The minimum atomic E-state index is -0.899. The molecule has 0 spiro atoms. The maximum absolute atomic E-state index is 10.9. The molecule has 18 heavy (non-hydrogen) atoms. The van der Waals surface area contributed by atoms with Crippen LogP contribution >= 0.6 is 11.3 Å². The Morgan fingerprint density at radius 2 is 2.22 bits per heavy atom. The summed E-state index contributed by atoms with van der Waals surface area (Å²) in [6.07, 6.45) is 3.63. The van der Waals surface area contributed by atoms with Crippen LogP contribution in [0, 0.1) is 6.92 Å². The van der Waals surface area contributed by atoms with Crippen molar-refractivity contribution in [3.05, 3.63) is 10.6 Å². The van der Waals surface area contributed by atoms with Crippen molar-refractivity contribution in [2.24, 2.45) is 0 Å². The van der Waals surface area contributed by atoms with Crippen LogP contribution < -0.4 is 5.32 Å². The number of carbonyl (C=O) groups is 1. The average Bonchev–Trinajstić information content (AvgIpc) is 2.57. The molecule has 1 aliphatic carbocycles. The zero-order valence-electron chi connectivity index (χ0n) is 11.0. The lowest BCUT2D eigenvalue weighted by atomic mass is 9.75. The van der Waals surface area contributed by atoms with Gasteiger partial charge >= 0.3 is 5.97 Å². The van der Waals surface area contributed by atoms with Crippen LogP contribution in [-0.4, -0.2) is 47.1 Å². The van der Waals surface area contributed by atoms with Gasteiger partial charge in [0.1, 0.15) is 4.88 Å². The van der Waals surface area contributed by atoms with Crippen molar-refractivity contribution in [1.29, 1.82) is 0 Å². The first kappa shape index (κ1) is 13.3. The molecule has 1 aromatic rings. The Hall–Kier alpha value is -1.14. The minimum absolute atomic E-state index is 0.211. The molecule has 100 valence electrons. The van der Waals surface area contributed by atoms with Crippen molar-refractivity contribution in [3.8, 4) is 0 Å². The Labute approximate surface area is 111 Å². The number of hydrogen-bond acceptors (Lipinski definition) is 5. The third-order valence-electron chi connectivity index (χ3n) is 3.79. The first-order chi connectivity index (χ1) is 8.44. The van der Waals surface area contributed by atoms with Crippen molar-refractivity contribution >= 4 is 22.4 Å². The molecule has 0 radical (unpaired) electrons. The van der Waals surface area contributed by atoms with Crippen LogP contribution in [0.2, 0.25) is 0 Å². The van der Waals surface area contributed by atoms with Crippen LogP contribution in [0.5, 0.6) is 0 Å². The second kappa shape index (κ2) is 4.85. The van der Waals surface area contributed by atoms with Gasteiger partial charge in [0.05, 0.1) is 5.69 Å². The molecule has 5 nitrogen and oxygen atoms in total. The van der Waals surface area contributed by atoms with Crippen molar-refractivity contribution < 1.29 is 9.90 Å². The lowest BCUT2D eigenvalue weighted by Gasteiger charge is -2.47. The molecule has 0 saturated heterocycles. The number of nitrogens with zero attached hydrogens (tertiary/aromatic N) is 2. The predicted octanol–water partition coefficient (Wildman–Crippen LogP) is 2.05. The molecule has 2 N–H and O–H groups in total. The topological polar surface area (TPSA) is 65.5 Å². The van der Waals surface area contributed by atoms with Gasteiger partial charge in [-0.2, -0.15) is 0 Å². The molecule has 6 heteroatoms. The number of rotatable bonds is 5. The number of nitrogens with one attached hydrogen (secondary N) is 1. The summed E-state index contributed by atoms with van der Waals surface area (Å²) in [5, 5.41) is 13.0. The highest BCUT2D eigenvalue weighted by Gasteiger charge is 2.38. The number of carboxylic acid groups (broad SMARTS) is 1. The molecule has 0 unspecified atom stereocenters. The van der Waals surface area contributed by atoms with E-state index in [2.05, 4.69) is 29.3 Å². The van der Waals surface area contributed by atoms with Gasteiger partial charge < -0.3 is 15.3 Å². The average molecular weight is 269 g/mol. The lowest BCUT2D eigenvalue weighted by Crippen LogP contribution is -2.54. The molecule has 1 fully saturated rings. The number of anilines is 1. The van der Waals surface area contributed by atoms with Gasteiger partial charge in [0.2, 0.25) is 0 Å². The molecule has 0 amide bonds. The maximum Gasteiger partial charge on any atom is 0.347 e. The Bertz CT molecular complexity index is 452. The summed E-state index contributed by atoms with van der Waals surface area (Å²) in [5.74, 6) is -0.899. The van der Waals surface area contributed by atoms with E-state index in [1.807, 2.05) is 0 Å². The summed E-state index contributed by atoms with van der Waals surface area (Å²) in [6, 6.07) is 0. The van der Waals surface area contributed by atoms with Crippen molar-refractivity contribution in [2.45, 2.75) is 31.7 Å². The highest BCUT2D eigenvalue weighted by atomic mass is 32.1. The minimum Gasteiger partial charge on any atom is -0.477 e. The van der Waals surface area contributed by atoms with E-state index in [1.54, 1.807) is 6.92 Å². The van der Waals surface area contributed by atoms with Crippen LogP contribution in [0.3, 0.4) is 0 Å². The molecular formula is C12H19N3O2S. The van der Waals surface area contributed by atoms with E-state index in [1.165, 1.54) is 30.6 Å². The van der Waals surface area contributed by atoms with E-state index in [9.17, 15) is 4.79 Å². The monoisotopic (exact) mass is 269 g/mol. The van der Waals surface area contributed by atoms with Gasteiger partial charge in [-0.05, 0) is 40.3 Å². The summed E-state index contributed by atoms with van der Waals surface area (Å²) < 4.78 is 0. The van der Waals surface area contributed by atoms with Crippen LogP contribution in [0.1, 0.15) is 34.6 Å². The van der Waals surface area contributed by atoms with Gasteiger partial charge in [-0.15, -0.1) is 0 Å². The van der Waals surface area contributed by atoms with E-state index >= 15 is 0 Å². The van der Waals surface area contributed by atoms with E-state index < -0.39 is 5.97 Å². The van der Waals surface area contributed by atoms with Gasteiger partial charge in [0.25, 0.3) is 0 Å². The number of carboxylic acids is 1. The standard InChI is InChI=1S/C12H19N3O2S/c1-8-9(10(16)17)18-11(14-8)13-7-12(15(2)3)5-4-6-12/h4-7H2,1-3H3,(H,13,14)(H,16,17). The van der Waals surface area contributed by atoms with Crippen molar-refractivity contribution in [2.75, 3.05) is 26.0 Å². The van der Waals surface area contributed by atoms with Gasteiger partial charge in [-0.1, -0.05) is 11.3 Å². The van der Waals surface area contributed by atoms with E-state index in [4.69, 9.17) is 5.11 Å². The lowest BCUT2D eigenvalue weighted by molar-refractivity contribution is 0.0701. The van der Waals surface area contributed by atoms with Gasteiger partial charge in [0, 0.05) is 12.1 Å². The van der Waals surface area contributed by atoms with Crippen LogP contribution in [0.25, 0.3) is 0 Å². The van der Waals surface area contributed by atoms with E-state index in [0.717, 1.165) is 6.54 Å². The molecule has 2 rings (SSSR count). The fraction of sp³-hybridized carbons (Fsp3) is 0.667. The molecule has 0 aliphatic heterocycles. The van der Waals surface area contributed by atoms with Gasteiger partial charge in [0.15, 0.2) is 5.13 Å². The van der Waals surface area contributed by atoms with Crippen molar-refractivity contribution in [1.82, 2.24) is 9.88 Å². The summed E-state index contributed by atoms with van der Waals surface area (Å²) in [7, 11) is 4.19. The highest BCUT2D eigenvalue weighted by Crippen LogP contribution is 2.36. The Balaban J connectivity index is 2.02. The number of aromatic carboxylic acids is 1. The first-order valence-corrected chi connectivity index (χ1v) is 6.88. The normalized spacial score (nSPS) is 17.6. The number of hydrogen-bond donors (Lipinski definition) is 2. The predicted molar refractivity (Wildman–Crippen MR) is 72.6 cm³/mol. The summed E-state index contributed by atoms with van der Waals surface area (Å²) in [4.78, 5) is 17.8. The molecule has 1 aliphatic rings.